The minimum absolute atomic E-state index is 0.0985. The first kappa shape index (κ1) is 15.4. The van der Waals surface area contributed by atoms with Crippen molar-refractivity contribution < 1.29 is 9.32 Å². The molecule has 2 fully saturated rings. The number of urea groups is 1. The topological polar surface area (TPSA) is 71.3 Å². The molecular formula is C17H19ClN4O2. The highest BCUT2D eigenvalue weighted by molar-refractivity contribution is 6.30. The number of halogens is 1. The third-order valence-electron chi connectivity index (χ3n) is 4.56. The molecule has 1 unspecified atom stereocenters. The fourth-order valence-corrected chi connectivity index (χ4v) is 3.16. The average molecular weight is 347 g/mol. The predicted molar refractivity (Wildman–Crippen MR) is 88.6 cm³/mol. The maximum absolute atomic E-state index is 12.5. The third kappa shape index (κ3) is 3.24. The van der Waals surface area contributed by atoms with Gasteiger partial charge in [-0.05, 0) is 43.4 Å². The van der Waals surface area contributed by atoms with Gasteiger partial charge in [0, 0.05) is 24.0 Å². The summed E-state index contributed by atoms with van der Waals surface area (Å²) in [5.74, 6) is 1.81. The Morgan fingerprint density at radius 3 is 2.83 bits per heavy atom. The van der Waals surface area contributed by atoms with Crippen molar-refractivity contribution in [3.63, 3.8) is 0 Å². The fraction of sp³-hybridized carbons (Fsp3) is 0.471. The number of carbonyl (C=O) groups excluding carboxylic acids is 1. The molecule has 6 nitrogen and oxygen atoms in total. The number of aromatic nitrogens is 2. The average Bonchev–Trinajstić information content (AvgIpc) is 3.12. The second-order valence-corrected chi connectivity index (χ2v) is 6.84. The van der Waals surface area contributed by atoms with Crippen LogP contribution < -0.4 is 5.32 Å². The van der Waals surface area contributed by atoms with Crippen LogP contribution in [0.1, 0.15) is 54.9 Å². The van der Waals surface area contributed by atoms with Crippen LogP contribution in [0.25, 0.3) is 0 Å². The molecule has 1 aliphatic carbocycles. The van der Waals surface area contributed by atoms with Crippen LogP contribution in [-0.4, -0.2) is 27.6 Å². The van der Waals surface area contributed by atoms with Gasteiger partial charge >= 0.3 is 6.03 Å². The van der Waals surface area contributed by atoms with Gasteiger partial charge in [0.05, 0.1) is 0 Å². The standard InChI is InChI=1S/C17H19ClN4O2/c18-13-7-3-11(4-8-13)10-19-17(23)22-9-1-2-14(22)16-20-15(21-24-16)12-5-6-12/h3-4,7-8,12,14H,1-2,5-6,9-10H2,(H,19,23). The Hall–Kier alpha value is -2.08. The highest BCUT2D eigenvalue weighted by Crippen LogP contribution is 2.39. The Balaban J connectivity index is 1.39. The summed E-state index contributed by atoms with van der Waals surface area (Å²) in [5, 5.41) is 7.70. The summed E-state index contributed by atoms with van der Waals surface area (Å²) in [6.07, 6.45) is 4.07. The molecule has 4 rings (SSSR count). The van der Waals surface area contributed by atoms with Crippen LogP contribution in [-0.2, 0) is 6.54 Å². The molecule has 1 aromatic heterocycles. The highest BCUT2D eigenvalue weighted by atomic mass is 35.5. The molecule has 2 heterocycles. The largest absolute Gasteiger partial charge is 0.337 e. The Kier molecular flexibility index (Phi) is 4.14. The van der Waals surface area contributed by atoms with E-state index in [1.54, 1.807) is 4.90 Å². The van der Waals surface area contributed by atoms with E-state index in [0.717, 1.165) is 37.1 Å². The molecule has 2 aromatic rings. The van der Waals surface area contributed by atoms with Gasteiger partial charge in [-0.2, -0.15) is 4.98 Å². The van der Waals surface area contributed by atoms with Gasteiger partial charge in [-0.1, -0.05) is 28.9 Å². The zero-order chi connectivity index (χ0) is 16.5. The molecule has 1 saturated carbocycles. The van der Waals surface area contributed by atoms with E-state index in [9.17, 15) is 4.79 Å². The van der Waals surface area contributed by atoms with Crippen LogP contribution in [0.4, 0.5) is 4.79 Å². The molecule has 7 heteroatoms. The maximum atomic E-state index is 12.5. The van der Waals surface area contributed by atoms with Crippen molar-refractivity contribution in [2.45, 2.75) is 44.2 Å². The van der Waals surface area contributed by atoms with Crippen LogP contribution in [0.5, 0.6) is 0 Å². The number of rotatable bonds is 4. The normalized spacial score (nSPS) is 20.4. The van der Waals surface area contributed by atoms with Gasteiger partial charge in [-0.15, -0.1) is 0 Å². The SMILES string of the molecule is O=C(NCc1ccc(Cl)cc1)N1CCCC1c1nc(C2CC2)no1. The van der Waals surface area contributed by atoms with Crippen molar-refractivity contribution in [2.75, 3.05) is 6.54 Å². The summed E-state index contributed by atoms with van der Waals surface area (Å²) in [6.45, 7) is 1.18. The predicted octanol–water partition coefficient (Wildman–Crippen LogP) is 3.65. The lowest BCUT2D eigenvalue weighted by atomic mass is 10.2. The lowest BCUT2D eigenvalue weighted by Crippen LogP contribution is -2.39. The minimum atomic E-state index is -0.116. The number of carbonyl (C=O) groups is 1. The zero-order valence-electron chi connectivity index (χ0n) is 13.2. The molecule has 1 atom stereocenters. The summed E-state index contributed by atoms with van der Waals surface area (Å²) in [6, 6.07) is 7.24. The first-order valence-corrected chi connectivity index (χ1v) is 8.71. The summed E-state index contributed by atoms with van der Waals surface area (Å²) < 4.78 is 5.41. The molecule has 1 aromatic carbocycles. The number of likely N-dealkylation sites (tertiary alicyclic amines) is 1. The third-order valence-corrected chi connectivity index (χ3v) is 4.81. The number of hydrogen-bond donors (Lipinski definition) is 1. The summed E-state index contributed by atoms with van der Waals surface area (Å²) in [7, 11) is 0. The van der Waals surface area contributed by atoms with Gasteiger partial charge in [0.25, 0.3) is 0 Å². The van der Waals surface area contributed by atoms with E-state index in [1.165, 1.54) is 0 Å². The fourth-order valence-electron chi connectivity index (χ4n) is 3.04. The smallest absolute Gasteiger partial charge is 0.318 e. The Morgan fingerprint density at radius 2 is 2.08 bits per heavy atom. The van der Waals surface area contributed by atoms with E-state index in [1.807, 2.05) is 24.3 Å². The van der Waals surface area contributed by atoms with E-state index in [-0.39, 0.29) is 12.1 Å². The molecular weight excluding hydrogens is 328 g/mol. The highest BCUT2D eigenvalue weighted by Gasteiger charge is 2.36. The molecule has 1 N–H and O–H groups in total. The van der Waals surface area contributed by atoms with E-state index >= 15 is 0 Å². The number of amides is 2. The number of hydrogen-bond acceptors (Lipinski definition) is 4. The minimum Gasteiger partial charge on any atom is -0.337 e. The van der Waals surface area contributed by atoms with Crippen LogP contribution >= 0.6 is 11.6 Å². The summed E-state index contributed by atoms with van der Waals surface area (Å²) >= 11 is 5.87. The van der Waals surface area contributed by atoms with E-state index in [0.29, 0.717) is 29.9 Å². The van der Waals surface area contributed by atoms with E-state index in [2.05, 4.69) is 15.5 Å². The first-order chi connectivity index (χ1) is 11.7. The summed E-state index contributed by atoms with van der Waals surface area (Å²) in [5.41, 5.74) is 1.01. The molecule has 2 amide bonds. The molecule has 0 radical (unpaired) electrons. The van der Waals surface area contributed by atoms with Crippen molar-refractivity contribution in [3.05, 3.63) is 46.6 Å². The maximum Gasteiger partial charge on any atom is 0.318 e. The van der Waals surface area contributed by atoms with Gasteiger partial charge in [0.1, 0.15) is 6.04 Å². The second-order valence-electron chi connectivity index (χ2n) is 6.40. The zero-order valence-corrected chi connectivity index (χ0v) is 14.0. The Bertz CT molecular complexity index is 726. The van der Waals surface area contributed by atoms with Gasteiger partial charge in [-0.3, -0.25) is 0 Å². The van der Waals surface area contributed by atoms with Crippen molar-refractivity contribution in [3.8, 4) is 0 Å². The first-order valence-electron chi connectivity index (χ1n) is 8.33. The van der Waals surface area contributed by atoms with Gasteiger partial charge in [0.2, 0.25) is 5.89 Å². The Labute approximate surface area is 145 Å². The molecule has 2 aliphatic rings. The van der Waals surface area contributed by atoms with Gasteiger partial charge in [-0.25, -0.2) is 4.79 Å². The van der Waals surface area contributed by atoms with Crippen molar-refractivity contribution in [1.29, 1.82) is 0 Å². The second kappa shape index (κ2) is 6.43. The monoisotopic (exact) mass is 346 g/mol. The molecule has 1 saturated heterocycles. The quantitative estimate of drug-likeness (QED) is 0.917. The number of nitrogens with one attached hydrogen (secondary N) is 1. The van der Waals surface area contributed by atoms with Crippen LogP contribution in [0.15, 0.2) is 28.8 Å². The lowest BCUT2D eigenvalue weighted by Gasteiger charge is -2.22. The van der Waals surface area contributed by atoms with Crippen molar-refractivity contribution in [2.24, 2.45) is 0 Å². The molecule has 1 aliphatic heterocycles. The number of nitrogens with zero attached hydrogens (tertiary/aromatic N) is 3. The lowest BCUT2D eigenvalue weighted by molar-refractivity contribution is 0.180. The van der Waals surface area contributed by atoms with Gasteiger partial charge in [0.15, 0.2) is 5.82 Å². The van der Waals surface area contributed by atoms with E-state index < -0.39 is 0 Å². The number of benzene rings is 1. The molecule has 0 spiro atoms. The van der Waals surface area contributed by atoms with Crippen molar-refractivity contribution in [1.82, 2.24) is 20.4 Å². The molecule has 24 heavy (non-hydrogen) atoms. The molecule has 0 bridgehead atoms. The van der Waals surface area contributed by atoms with Crippen molar-refractivity contribution >= 4 is 17.6 Å². The molecule has 126 valence electrons. The van der Waals surface area contributed by atoms with E-state index in [4.69, 9.17) is 16.1 Å². The summed E-state index contributed by atoms with van der Waals surface area (Å²) in [4.78, 5) is 18.8. The van der Waals surface area contributed by atoms with Crippen LogP contribution in [0, 0.1) is 0 Å². The van der Waals surface area contributed by atoms with Gasteiger partial charge < -0.3 is 14.7 Å². The van der Waals surface area contributed by atoms with Crippen LogP contribution in [0.2, 0.25) is 5.02 Å². The Morgan fingerprint density at radius 1 is 1.29 bits per heavy atom. The van der Waals surface area contributed by atoms with Crippen LogP contribution in [0.3, 0.4) is 0 Å².